The van der Waals surface area contributed by atoms with Gasteiger partial charge >= 0.3 is 0 Å². The van der Waals surface area contributed by atoms with Crippen molar-refractivity contribution in [3.05, 3.63) is 28.2 Å². The predicted octanol–water partition coefficient (Wildman–Crippen LogP) is 0.836. The molecule has 1 aromatic rings. The third-order valence-electron chi connectivity index (χ3n) is 5.18. The first-order valence-corrected chi connectivity index (χ1v) is 9.29. The van der Waals surface area contributed by atoms with Crippen molar-refractivity contribution in [1.82, 2.24) is 19.6 Å². The van der Waals surface area contributed by atoms with Crippen LogP contribution in [0.3, 0.4) is 0 Å². The molecule has 0 spiro atoms. The maximum absolute atomic E-state index is 12.9. The molecule has 2 atom stereocenters. The lowest BCUT2D eigenvalue weighted by Gasteiger charge is -2.33. The van der Waals surface area contributed by atoms with Gasteiger partial charge in [0.15, 0.2) is 0 Å². The maximum Gasteiger partial charge on any atom is 0.274 e. The van der Waals surface area contributed by atoms with Gasteiger partial charge in [0.25, 0.3) is 11.5 Å². The van der Waals surface area contributed by atoms with Crippen molar-refractivity contribution in [1.29, 1.82) is 0 Å². The summed E-state index contributed by atoms with van der Waals surface area (Å²) in [7, 11) is 0. The van der Waals surface area contributed by atoms with Crippen molar-refractivity contribution in [3.8, 4) is 0 Å². The smallest absolute Gasteiger partial charge is 0.274 e. The molecule has 3 rings (SSSR count). The van der Waals surface area contributed by atoms with Gasteiger partial charge in [0.2, 0.25) is 0 Å². The highest BCUT2D eigenvalue weighted by atomic mass is 16.5. The summed E-state index contributed by atoms with van der Waals surface area (Å²) >= 11 is 0. The summed E-state index contributed by atoms with van der Waals surface area (Å²) in [5, 5.41) is 4.30. The van der Waals surface area contributed by atoms with Gasteiger partial charge in [-0.15, -0.1) is 0 Å². The van der Waals surface area contributed by atoms with E-state index >= 15 is 0 Å². The highest BCUT2D eigenvalue weighted by Crippen LogP contribution is 2.23. The number of hydrogen-bond acceptors (Lipinski definition) is 5. The van der Waals surface area contributed by atoms with Crippen molar-refractivity contribution < 1.29 is 9.53 Å². The van der Waals surface area contributed by atoms with Crippen molar-refractivity contribution in [2.24, 2.45) is 5.92 Å². The highest BCUT2D eigenvalue weighted by molar-refractivity contribution is 5.92. The molecular formula is C18H28N4O3. The topological polar surface area (TPSA) is 67.7 Å². The van der Waals surface area contributed by atoms with Crippen LogP contribution in [-0.2, 0) is 11.3 Å². The Morgan fingerprint density at radius 2 is 2.04 bits per heavy atom. The third-order valence-corrected chi connectivity index (χ3v) is 5.18. The molecule has 138 valence electrons. The van der Waals surface area contributed by atoms with Gasteiger partial charge in [0.05, 0.1) is 13.2 Å². The number of unbranched alkanes of at least 4 members (excludes halogenated alkanes) is 1. The summed E-state index contributed by atoms with van der Waals surface area (Å²) in [5.74, 6) is 0.348. The normalized spacial score (nSPS) is 24.6. The molecule has 0 radical (unpaired) electrons. The monoisotopic (exact) mass is 348 g/mol. The van der Waals surface area contributed by atoms with Crippen molar-refractivity contribution in [3.63, 3.8) is 0 Å². The Kier molecular flexibility index (Phi) is 5.86. The second kappa shape index (κ2) is 8.10. The molecule has 2 fully saturated rings. The number of aromatic nitrogens is 2. The zero-order chi connectivity index (χ0) is 17.8. The van der Waals surface area contributed by atoms with Gasteiger partial charge in [-0.05, 0) is 18.4 Å². The predicted molar refractivity (Wildman–Crippen MR) is 94.7 cm³/mol. The first-order chi connectivity index (χ1) is 12.1. The SMILES string of the molecule is CCCCn1nc(C(=O)N2C[C@@H](C)[C@@H](N3CCOCC3)C2)ccc1=O. The molecule has 0 unspecified atom stereocenters. The van der Waals surface area contributed by atoms with Gasteiger partial charge in [0, 0.05) is 44.8 Å². The molecule has 0 N–H and O–H groups in total. The minimum atomic E-state index is -0.147. The molecule has 2 saturated heterocycles. The average Bonchev–Trinajstić information content (AvgIpc) is 3.03. The number of amides is 1. The molecule has 0 saturated carbocycles. The van der Waals surface area contributed by atoms with Gasteiger partial charge in [-0.2, -0.15) is 5.10 Å². The minimum absolute atomic E-state index is 0.0761. The number of rotatable bonds is 5. The van der Waals surface area contributed by atoms with E-state index in [9.17, 15) is 9.59 Å². The lowest BCUT2D eigenvalue weighted by molar-refractivity contribution is 0.0119. The number of carbonyl (C=O) groups is 1. The van der Waals surface area contributed by atoms with Crippen LogP contribution in [0.15, 0.2) is 16.9 Å². The molecule has 25 heavy (non-hydrogen) atoms. The van der Waals surface area contributed by atoms with E-state index in [0.29, 0.717) is 24.2 Å². The summed E-state index contributed by atoms with van der Waals surface area (Å²) in [6, 6.07) is 3.38. The van der Waals surface area contributed by atoms with E-state index in [0.717, 1.165) is 52.2 Å². The second-order valence-electron chi connectivity index (χ2n) is 7.04. The number of aryl methyl sites for hydroxylation is 1. The number of carbonyl (C=O) groups excluding carboxylic acids is 1. The van der Waals surface area contributed by atoms with Crippen LogP contribution in [0.2, 0.25) is 0 Å². The summed E-state index contributed by atoms with van der Waals surface area (Å²) in [6.07, 6.45) is 1.86. The van der Waals surface area contributed by atoms with E-state index in [2.05, 4.69) is 23.8 Å². The van der Waals surface area contributed by atoms with Crippen LogP contribution in [0, 0.1) is 5.92 Å². The van der Waals surface area contributed by atoms with E-state index in [-0.39, 0.29) is 11.5 Å². The van der Waals surface area contributed by atoms with Crippen LogP contribution in [0.5, 0.6) is 0 Å². The molecule has 7 nitrogen and oxygen atoms in total. The molecule has 2 aliphatic heterocycles. The highest BCUT2D eigenvalue weighted by Gasteiger charge is 2.37. The number of ether oxygens (including phenoxy) is 1. The van der Waals surface area contributed by atoms with Crippen LogP contribution < -0.4 is 5.56 Å². The van der Waals surface area contributed by atoms with Gasteiger partial charge in [0.1, 0.15) is 5.69 Å². The van der Waals surface area contributed by atoms with Crippen LogP contribution >= 0.6 is 0 Å². The van der Waals surface area contributed by atoms with Gasteiger partial charge < -0.3 is 9.64 Å². The van der Waals surface area contributed by atoms with Crippen LogP contribution in [0.1, 0.15) is 37.2 Å². The molecule has 0 bridgehead atoms. The maximum atomic E-state index is 12.9. The Labute approximate surface area is 148 Å². The Morgan fingerprint density at radius 3 is 2.76 bits per heavy atom. The summed E-state index contributed by atoms with van der Waals surface area (Å²) in [6.45, 7) is 9.66. The largest absolute Gasteiger partial charge is 0.379 e. The Bertz CT molecular complexity index is 654. The van der Waals surface area contributed by atoms with Crippen LogP contribution in [0.25, 0.3) is 0 Å². The lowest BCUT2D eigenvalue weighted by Crippen LogP contribution is -2.47. The molecule has 2 aliphatic rings. The van der Waals surface area contributed by atoms with E-state index in [1.807, 2.05) is 4.90 Å². The van der Waals surface area contributed by atoms with Gasteiger partial charge in [-0.1, -0.05) is 20.3 Å². The van der Waals surface area contributed by atoms with E-state index < -0.39 is 0 Å². The lowest BCUT2D eigenvalue weighted by atomic mass is 10.0. The third kappa shape index (κ3) is 4.10. The van der Waals surface area contributed by atoms with E-state index in [4.69, 9.17) is 4.74 Å². The average molecular weight is 348 g/mol. The Hall–Kier alpha value is -1.73. The van der Waals surface area contributed by atoms with Crippen molar-refractivity contribution >= 4 is 5.91 Å². The summed E-state index contributed by atoms with van der Waals surface area (Å²) < 4.78 is 6.84. The first-order valence-electron chi connectivity index (χ1n) is 9.29. The molecule has 7 heteroatoms. The fraction of sp³-hybridized carbons (Fsp3) is 0.722. The molecule has 0 aromatic carbocycles. The molecule has 1 aromatic heterocycles. The summed E-state index contributed by atoms with van der Waals surface area (Å²) in [4.78, 5) is 29.1. The number of likely N-dealkylation sites (tertiary alicyclic amines) is 1. The van der Waals surface area contributed by atoms with Crippen LogP contribution in [-0.4, -0.2) is 70.9 Å². The zero-order valence-corrected chi connectivity index (χ0v) is 15.2. The van der Waals surface area contributed by atoms with E-state index in [1.165, 1.54) is 10.7 Å². The molecular weight excluding hydrogens is 320 g/mol. The Balaban J connectivity index is 1.69. The number of morpholine rings is 1. The quantitative estimate of drug-likeness (QED) is 0.789. The Morgan fingerprint density at radius 1 is 1.28 bits per heavy atom. The zero-order valence-electron chi connectivity index (χ0n) is 15.2. The second-order valence-corrected chi connectivity index (χ2v) is 7.04. The fourth-order valence-corrected chi connectivity index (χ4v) is 3.69. The van der Waals surface area contributed by atoms with Gasteiger partial charge in [-0.25, -0.2) is 4.68 Å². The fourth-order valence-electron chi connectivity index (χ4n) is 3.69. The van der Waals surface area contributed by atoms with E-state index in [1.54, 1.807) is 6.07 Å². The van der Waals surface area contributed by atoms with Crippen LogP contribution in [0.4, 0.5) is 0 Å². The van der Waals surface area contributed by atoms with Crippen molar-refractivity contribution in [2.75, 3.05) is 39.4 Å². The molecule has 1 amide bonds. The molecule has 0 aliphatic carbocycles. The summed E-state index contributed by atoms with van der Waals surface area (Å²) in [5.41, 5.74) is 0.219. The van der Waals surface area contributed by atoms with Gasteiger partial charge in [-0.3, -0.25) is 14.5 Å². The number of hydrogen-bond donors (Lipinski definition) is 0. The standard InChI is InChI=1S/C18H28N4O3/c1-3-4-7-22-17(23)6-5-15(19-22)18(24)21-12-14(2)16(13-21)20-8-10-25-11-9-20/h5-6,14,16H,3-4,7-13H2,1-2H3/t14-,16+/m1/s1. The van der Waals surface area contributed by atoms with Crippen molar-refractivity contribution in [2.45, 2.75) is 39.3 Å². The minimum Gasteiger partial charge on any atom is -0.379 e. The molecule has 3 heterocycles. The number of nitrogens with zero attached hydrogens (tertiary/aromatic N) is 4. The first kappa shape index (κ1) is 18.1.